The maximum atomic E-state index is 11.7. The van der Waals surface area contributed by atoms with E-state index in [1.807, 2.05) is 0 Å². The molecule has 2 rings (SSSR count). The molecule has 19 heavy (non-hydrogen) atoms. The first-order valence-electron chi connectivity index (χ1n) is 5.41. The molecule has 0 aliphatic carbocycles. The minimum absolute atomic E-state index is 0.0932. The summed E-state index contributed by atoms with van der Waals surface area (Å²) in [5.41, 5.74) is 0.405. The summed E-state index contributed by atoms with van der Waals surface area (Å²) in [5.74, 6) is -1.62. The van der Waals surface area contributed by atoms with E-state index in [0.29, 0.717) is 5.56 Å². The van der Waals surface area contributed by atoms with E-state index in [9.17, 15) is 9.59 Å². The van der Waals surface area contributed by atoms with Crippen molar-refractivity contribution in [1.29, 1.82) is 0 Å². The number of rotatable bonds is 5. The standard InChI is InChI=1S/C10H12N6O3/c1-15-5-7(4-12-15)9(10(18)19)13-8(17)6-16-3-2-11-14-16/h2-5,9H,6H2,1H3,(H,13,17)(H,18,19). The van der Waals surface area contributed by atoms with Crippen LogP contribution in [0.15, 0.2) is 24.8 Å². The zero-order valence-corrected chi connectivity index (χ0v) is 10.1. The molecule has 0 spiro atoms. The van der Waals surface area contributed by atoms with Crippen LogP contribution < -0.4 is 5.32 Å². The van der Waals surface area contributed by atoms with Gasteiger partial charge in [-0.25, -0.2) is 9.48 Å². The Morgan fingerprint density at radius 2 is 2.32 bits per heavy atom. The first kappa shape index (κ1) is 12.7. The van der Waals surface area contributed by atoms with Crippen molar-refractivity contribution in [3.05, 3.63) is 30.4 Å². The van der Waals surface area contributed by atoms with E-state index in [0.717, 1.165) is 0 Å². The molecule has 0 fully saturated rings. The fourth-order valence-electron chi connectivity index (χ4n) is 1.55. The van der Waals surface area contributed by atoms with Crippen LogP contribution in [0.4, 0.5) is 0 Å². The van der Waals surface area contributed by atoms with E-state index in [1.54, 1.807) is 7.05 Å². The molecule has 0 aliphatic rings. The highest BCUT2D eigenvalue weighted by Crippen LogP contribution is 2.11. The van der Waals surface area contributed by atoms with Crippen molar-refractivity contribution >= 4 is 11.9 Å². The van der Waals surface area contributed by atoms with Gasteiger partial charge in [0.25, 0.3) is 0 Å². The molecule has 2 aromatic heterocycles. The van der Waals surface area contributed by atoms with Crippen molar-refractivity contribution in [2.75, 3.05) is 0 Å². The molecule has 0 radical (unpaired) electrons. The number of carbonyl (C=O) groups is 2. The monoisotopic (exact) mass is 264 g/mol. The van der Waals surface area contributed by atoms with Gasteiger partial charge in [0.2, 0.25) is 5.91 Å². The summed E-state index contributed by atoms with van der Waals surface area (Å²) in [5, 5.41) is 22.6. The van der Waals surface area contributed by atoms with Gasteiger partial charge in [0.05, 0.1) is 12.4 Å². The Labute approximate surface area is 107 Å². The predicted molar refractivity (Wildman–Crippen MR) is 61.7 cm³/mol. The van der Waals surface area contributed by atoms with Crippen LogP contribution in [-0.4, -0.2) is 41.8 Å². The van der Waals surface area contributed by atoms with Gasteiger partial charge in [-0.2, -0.15) is 5.10 Å². The highest BCUT2D eigenvalue weighted by Gasteiger charge is 2.23. The third-order valence-corrected chi connectivity index (χ3v) is 2.39. The quantitative estimate of drug-likeness (QED) is 0.712. The van der Waals surface area contributed by atoms with E-state index >= 15 is 0 Å². The van der Waals surface area contributed by atoms with Gasteiger partial charge in [-0.3, -0.25) is 9.48 Å². The minimum atomic E-state index is -1.15. The fraction of sp³-hybridized carbons (Fsp3) is 0.300. The molecule has 0 aliphatic heterocycles. The average molecular weight is 264 g/mol. The number of carbonyl (C=O) groups excluding carboxylic acids is 1. The summed E-state index contributed by atoms with van der Waals surface area (Å²) >= 11 is 0. The molecule has 100 valence electrons. The lowest BCUT2D eigenvalue weighted by Crippen LogP contribution is -2.35. The maximum Gasteiger partial charge on any atom is 0.331 e. The number of hydrogen-bond acceptors (Lipinski definition) is 5. The van der Waals surface area contributed by atoms with Crippen LogP contribution in [0.3, 0.4) is 0 Å². The molecular weight excluding hydrogens is 252 g/mol. The molecule has 0 bridgehead atoms. The van der Waals surface area contributed by atoms with Gasteiger partial charge in [0, 0.05) is 25.0 Å². The molecule has 0 saturated carbocycles. The number of aryl methyl sites for hydroxylation is 1. The highest BCUT2D eigenvalue weighted by atomic mass is 16.4. The summed E-state index contributed by atoms with van der Waals surface area (Å²) in [6.45, 7) is -0.0932. The summed E-state index contributed by atoms with van der Waals surface area (Å²) in [6.07, 6.45) is 5.88. The number of amides is 1. The lowest BCUT2D eigenvalue weighted by atomic mass is 10.1. The van der Waals surface area contributed by atoms with Crippen LogP contribution >= 0.6 is 0 Å². The van der Waals surface area contributed by atoms with Crippen molar-refractivity contribution in [2.24, 2.45) is 7.05 Å². The lowest BCUT2D eigenvalue weighted by Gasteiger charge is -2.12. The number of aliphatic carboxylic acids is 1. The average Bonchev–Trinajstić information content (AvgIpc) is 2.97. The van der Waals surface area contributed by atoms with Crippen LogP contribution in [0.2, 0.25) is 0 Å². The van der Waals surface area contributed by atoms with Gasteiger partial charge < -0.3 is 10.4 Å². The number of aromatic nitrogens is 5. The molecule has 1 amide bonds. The number of nitrogens with zero attached hydrogens (tertiary/aromatic N) is 5. The van der Waals surface area contributed by atoms with Crippen LogP contribution in [0.5, 0.6) is 0 Å². The fourth-order valence-corrected chi connectivity index (χ4v) is 1.55. The first-order valence-corrected chi connectivity index (χ1v) is 5.41. The lowest BCUT2D eigenvalue weighted by molar-refractivity contribution is -0.142. The molecule has 2 heterocycles. The van der Waals surface area contributed by atoms with Crippen LogP contribution in [0, 0.1) is 0 Å². The van der Waals surface area contributed by atoms with Crippen molar-refractivity contribution < 1.29 is 14.7 Å². The molecule has 0 aromatic carbocycles. The Hall–Kier alpha value is -2.71. The molecule has 1 unspecified atom stereocenters. The maximum absolute atomic E-state index is 11.7. The summed E-state index contributed by atoms with van der Waals surface area (Å²) in [6, 6.07) is -1.13. The first-order chi connectivity index (χ1) is 9.06. The van der Waals surface area contributed by atoms with Crippen LogP contribution in [-0.2, 0) is 23.2 Å². The van der Waals surface area contributed by atoms with Crippen molar-refractivity contribution in [2.45, 2.75) is 12.6 Å². The van der Waals surface area contributed by atoms with Gasteiger partial charge in [-0.15, -0.1) is 5.10 Å². The van der Waals surface area contributed by atoms with Gasteiger partial charge >= 0.3 is 5.97 Å². The normalized spacial score (nSPS) is 12.1. The van der Waals surface area contributed by atoms with Gasteiger partial charge in [0.15, 0.2) is 6.04 Å². The zero-order chi connectivity index (χ0) is 13.8. The van der Waals surface area contributed by atoms with Crippen LogP contribution in [0.1, 0.15) is 11.6 Å². The summed E-state index contributed by atoms with van der Waals surface area (Å²) in [4.78, 5) is 22.9. The van der Waals surface area contributed by atoms with Crippen molar-refractivity contribution in [3.8, 4) is 0 Å². The number of nitrogens with one attached hydrogen (secondary N) is 1. The number of carboxylic acid groups (broad SMARTS) is 1. The van der Waals surface area contributed by atoms with E-state index in [-0.39, 0.29) is 6.54 Å². The van der Waals surface area contributed by atoms with E-state index < -0.39 is 17.9 Å². The molecule has 0 saturated heterocycles. The topological polar surface area (TPSA) is 115 Å². The van der Waals surface area contributed by atoms with E-state index in [2.05, 4.69) is 20.7 Å². The summed E-state index contributed by atoms with van der Waals surface area (Å²) in [7, 11) is 1.67. The van der Waals surface area contributed by atoms with E-state index in [1.165, 1.54) is 34.2 Å². The second-order valence-electron chi connectivity index (χ2n) is 3.89. The second kappa shape index (κ2) is 5.29. The van der Waals surface area contributed by atoms with Crippen molar-refractivity contribution in [1.82, 2.24) is 30.1 Å². The number of hydrogen-bond donors (Lipinski definition) is 2. The Morgan fingerprint density at radius 1 is 1.53 bits per heavy atom. The second-order valence-corrected chi connectivity index (χ2v) is 3.89. The third kappa shape index (κ3) is 3.15. The smallest absolute Gasteiger partial charge is 0.331 e. The number of carboxylic acids is 1. The Bertz CT molecular complexity index is 576. The summed E-state index contributed by atoms with van der Waals surface area (Å²) < 4.78 is 2.77. The molecular formula is C10H12N6O3. The van der Waals surface area contributed by atoms with Gasteiger partial charge in [0.1, 0.15) is 6.54 Å². The predicted octanol–water partition coefficient (Wildman–Crippen LogP) is -1.05. The molecule has 1 atom stereocenters. The molecule has 9 heteroatoms. The largest absolute Gasteiger partial charge is 0.479 e. The third-order valence-electron chi connectivity index (χ3n) is 2.39. The highest BCUT2D eigenvalue weighted by molar-refractivity contribution is 5.84. The van der Waals surface area contributed by atoms with Crippen molar-refractivity contribution in [3.63, 3.8) is 0 Å². The molecule has 2 aromatic rings. The Morgan fingerprint density at radius 3 is 2.84 bits per heavy atom. The SMILES string of the molecule is Cn1cc(C(NC(=O)Cn2ccnn2)C(=O)O)cn1. The Balaban J connectivity index is 2.05. The molecule has 2 N–H and O–H groups in total. The molecule has 9 nitrogen and oxygen atoms in total. The Kier molecular flexibility index (Phi) is 3.55. The minimum Gasteiger partial charge on any atom is -0.479 e. The van der Waals surface area contributed by atoms with Gasteiger partial charge in [-0.05, 0) is 0 Å². The van der Waals surface area contributed by atoms with Crippen LogP contribution in [0.25, 0.3) is 0 Å². The zero-order valence-electron chi connectivity index (χ0n) is 10.1. The van der Waals surface area contributed by atoms with E-state index in [4.69, 9.17) is 5.11 Å². The van der Waals surface area contributed by atoms with Gasteiger partial charge in [-0.1, -0.05) is 5.21 Å².